The van der Waals surface area contributed by atoms with Gasteiger partial charge in [0.2, 0.25) is 0 Å². The average molecular weight is 324 g/mol. The molecule has 0 aliphatic carbocycles. The van der Waals surface area contributed by atoms with E-state index in [1.54, 1.807) is 13.3 Å². The topological polar surface area (TPSA) is 49.9 Å². The number of aromatic nitrogens is 2. The van der Waals surface area contributed by atoms with Crippen LogP contribution in [0.1, 0.15) is 17.8 Å². The summed E-state index contributed by atoms with van der Waals surface area (Å²) >= 11 is 3.55. The molecule has 0 fully saturated rings. The van der Waals surface area contributed by atoms with Crippen LogP contribution in [-0.2, 0) is 13.0 Å². The Morgan fingerprint density at radius 1 is 1.42 bits per heavy atom. The molecule has 1 aromatic carbocycles. The third kappa shape index (κ3) is 4.36. The first kappa shape index (κ1) is 14.1. The number of rotatable bonds is 7. The molecule has 1 aromatic heterocycles. The molecule has 0 atom stereocenters. The van der Waals surface area contributed by atoms with Crippen molar-refractivity contribution in [3.8, 4) is 5.75 Å². The van der Waals surface area contributed by atoms with Crippen LogP contribution in [0.5, 0.6) is 5.75 Å². The van der Waals surface area contributed by atoms with Crippen LogP contribution in [0.3, 0.4) is 0 Å². The van der Waals surface area contributed by atoms with Crippen molar-refractivity contribution in [1.82, 2.24) is 15.3 Å². The van der Waals surface area contributed by atoms with Gasteiger partial charge in [0.05, 0.1) is 7.11 Å². The van der Waals surface area contributed by atoms with Crippen LogP contribution in [0.2, 0.25) is 0 Å². The second-order valence-electron chi connectivity index (χ2n) is 4.27. The van der Waals surface area contributed by atoms with E-state index in [9.17, 15) is 0 Å². The zero-order chi connectivity index (χ0) is 13.5. The van der Waals surface area contributed by atoms with Crippen LogP contribution in [0.25, 0.3) is 0 Å². The molecular weight excluding hydrogens is 306 g/mol. The van der Waals surface area contributed by atoms with Crippen molar-refractivity contribution >= 4 is 15.9 Å². The lowest BCUT2D eigenvalue weighted by Crippen LogP contribution is -2.15. The van der Waals surface area contributed by atoms with Gasteiger partial charge < -0.3 is 15.0 Å². The van der Waals surface area contributed by atoms with E-state index in [0.29, 0.717) is 0 Å². The summed E-state index contributed by atoms with van der Waals surface area (Å²) in [5.41, 5.74) is 1.21. The summed E-state index contributed by atoms with van der Waals surface area (Å²) in [5, 5.41) is 3.43. The molecule has 0 saturated heterocycles. The van der Waals surface area contributed by atoms with Gasteiger partial charge in [-0.25, -0.2) is 4.98 Å². The van der Waals surface area contributed by atoms with E-state index in [-0.39, 0.29) is 0 Å². The van der Waals surface area contributed by atoms with Crippen LogP contribution in [0, 0.1) is 0 Å². The predicted molar refractivity (Wildman–Crippen MR) is 79.3 cm³/mol. The van der Waals surface area contributed by atoms with E-state index >= 15 is 0 Å². The highest BCUT2D eigenvalue weighted by atomic mass is 79.9. The van der Waals surface area contributed by atoms with E-state index in [4.69, 9.17) is 4.74 Å². The summed E-state index contributed by atoms with van der Waals surface area (Å²) in [4.78, 5) is 7.31. The Kier molecular flexibility index (Phi) is 5.42. The highest BCUT2D eigenvalue weighted by Crippen LogP contribution is 2.22. The van der Waals surface area contributed by atoms with Crippen molar-refractivity contribution in [2.45, 2.75) is 19.4 Å². The normalized spacial score (nSPS) is 10.6. The second-order valence-corrected chi connectivity index (χ2v) is 5.13. The number of imidazole rings is 1. The van der Waals surface area contributed by atoms with Crippen molar-refractivity contribution < 1.29 is 4.74 Å². The molecular formula is C14H18BrN3O. The molecule has 5 heteroatoms. The molecule has 2 rings (SSSR count). The maximum Gasteiger partial charge on any atom is 0.119 e. The van der Waals surface area contributed by atoms with Crippen LogP contribution in [0.15, 0.2) is 35.1 Å². The Morgan fingerprint density at radius 3 is 3.05 bits per heavy atom. The summed E-state index contributed by atoms with van der Waals surface area (Å²) in [6.07, 6.45) is 5.68. The Labute approximate surface area is 121 Å². The van der Waals surface area contributed by atoms with E-state index < -0.39 is 0 Å². The molecule has 2 aromatic rings. The van der Waals surface area contributed by atoms with Gasteiger partial charge in [-0.1, -0.05) is 15.9 Å². The number of aromatic amines is 1. The van der Waals surface area contributed by atoms with Gasteiger partial charge in [-0.3, -0.25) is 0 Å². The summed E-state index contributed by atoms with van der Waals surface area (Å²) < 4.78 is 6.33. The minimum absolute atomic E-state index is 0.829. The fourth-order valence-electron chi connectivity index (χ4n) is 1.85. The smallest absolute Gasteiger partial charge is 0.119 e. The Hall–Kier alpha value is -1.33. The lowest BCUT2D eigenvalue weighted by atomic mass is 10.2. The Balaban J connectivity index is 1.73. The quantitative estimate of drug-likeness (QED) is 0.770. The zero-order valence-electron chi connectivity index (χ0n) is 10.9. The predicted octanol–water partition coefficient (Wildman–Crippen LogP) is 2.90. The molecule has 0 amide bonds. The molecule has 0 radical (unpaired) electrons. The van der Waals surface area contributed by atoms with Crippen molar-refractivity contribution in [2.24, 2.45) is 0 Å². The van der Waals surface area contributed by atoms with Gasteiger partial charge in [-0.05, 0) is 36.7 Å². The molecule has 0 aliphatic heterocycles. The van der Waals surface area contributed by atoms with Crippen LogP contribution in [-0.4, -0.2) is 23.6 Å². The van der Waals surface area contributed by atoms with E-state index in [2.05, 4.69) is 31.2 Å². The maximum atomic E-state index is 5.23. The van der Waals surface area contributed by atoms with Crippen LogP contribution in [0.4, 0.5) is 0 Å². The number of aryl methyl sites for hydroxylation is 1. The minimum Gasteiger partial charge on any atom is -0.497 e. The second kappa shape index (κ2) is 7.31. The molecule has 4 nitrogen and oxygen atoms in total. The highest BCUT2D eigenvalue weighted by Gasteiger charge is 2.02. The van der Waals surface area contributed by atoms with E-state index in [1.807, 2.05) is 24.4 Å². The average Bonchev–Trinajstić information content (AvgIpc) is 2.93. The summed E-state index contributed by atoms with van der Waals surface area (Å²) in [5.74, 6) is 1.93. The largest absolute Gasteiger partial charge is 0.497 e. The molecule has 102 valence electrons. The molecule has 0 unspecified atom stereocenters. The summed E-state index contributed by atoms with van der Waals surface area (Å²) in [7, 11) is 1.68. The molecule has 0 aliphatic rings. The molecule has 2 N–H and O–H groups in total. The molecule has 0 spiro atoms. The Morgan fingerprint density at radius 2 is 2.32 bits per heavy atom. The van der Waals surface area contributed by atoms with Crippen molar-refractivity contribution in [3.05, 3.63) is 46.5 Å². The number of hydrogen-bond acceptors (Lipinski definition) is 3. The summed E-state index contributed by atoms with van der Waals surface area (Å²) in [6.45, 7) is 1.79. The first-order chi connectivity index (χ1) is 9.29. The molecule has 0 bridgehead atoms. The van der Waals surface area contributed by atoms with Crippen LogP contribution >= 0.6 is 15.9 Å². The third-order valence-corrected chi connectivity index (χ3v) is 3.66. The molecule has 0 saturated carbocycles. The van der Waals surface area contributed by atoms with E-state index in [1.165, 1.54) is 5.56 Å². The first-order valence-corrected chi connectivity index (χ1v) is 7.10. The van der Waals surface area contributed by atoms with Gasteiger partial charge in [-0.2, -0.15) is 0 Å². The fraction of sp³-hybridized carbons (Fsp3) is 0.357. The maximum absolute atomic E-state index is 5.23. The number of hydrogen-bond donors (Lipinski definition) is 2. The number of H-pyrrole nitrogens is 1. The first-order valence-electron chi connectivity index (χ1n) is 6.31. The van der Waals surface area contributed by atoms with Gasteiger partial charge in [0.1, 0.15) is 11.6 Å². The monoisotopic (exact) mass is 323 g/mol. The van der Waals surface area contributed by atoms with Gasteiger partial charge in [0, 0.05) is 29.8 Å². The van der Waals surface area contributed by atoms with Crippen LogP contribution < -0.4 is 10.1 Å². The number of nitrogens with zero attached hydrogens (tertiary/aromatic N) is 1. The SMILES string of the molecule is COc1ccc(Br)c(CNCCCc2ncc[nH]2)c1. The number of nitrogens with one attached hydrogen (secondary N) is 2. The standard InChI is InChI=1S/C14H18BrN3O/c1-19-12-4-5-13(15)11(9-12)10-16-6-2-3-14-17-7-8-18-14/h4-5,7-9,16H,2-3,6,10H2,1H3,(H,17,18). The van der Waals surface area contributed by atoms with E-state index in [0.717, 1.165) is 42.0 Å². The number of ether oxygens (including phenoxy) is 1. The number of benzene rings is 1. The lowest BCUT2D eigenvalue weighted by Gasteiger charge is -2.08. The molecule has 19 heavy (non-hydrogen) atoms. The number of methoxy groups -OCH3 is 1. The minimum atomic E-state index is 0.829. The lowest BCUT2D eigenvalue weighted by molar-refractivity contribution is 0.414. The Bertz CT molecular complexity index is 499. The van der Waals surface area contributed by atoms with Gasteiger partial charge in [0.15, 0.2) is 0 Å². The fourth-order valence-corrected chi connectivity index (χ4v) is 2.24. The highest BCUT2D eigenvalue weighted by molar-refractivity contribution is 9.10. The number of halogens is 1. The van der Waals surface area contributed by atoms with Gasteiger partial charge in [0.25, 0.3) is 0 Å². The van der Waals surface area contributed by atoms with Gasteiger partial charge >= 0.3 is 0 Å². The van der Waals surface area contributed by atoms with Gasteiger partial charge in [-0.15, -0.1) is 0 Å². The third-order valence-electron chi connectivity index (χ3n) is 2.89. The van der Waals surface area contributed by atoms with Crippen molar-refractivity contribution in [1.29, 1.82) is 0 Å². The van der Waals surface area contributed by atoms with Crippen molar-refractivity contribution in [2.75, 3.05) is 13.7 Å². The molecule has 1 heterocycles. The van der Waals surface area contributed by atoms with Crippen molar-refractivity contribution in [3.63, 3.8) is 0 Å². The zero-order valence-corrected chi connectivity index (χ0v) is 12.5. The summed E-state index contributed by atoms with van der Waals surface area (Å²) in [6, 6.07) is 6.01.